The zero-order chi connectivity index (χ0) is 20.8. The molecular formula is C21H26N2O5. The lowest BCUT2D eigenvalue weighted by Crippen LogP contribution is -2.16. The van der Waals surface area contributed by atoms with Crippen molar-refractivity contribution in [3.63, 3.8) is 0 Å². The Labute approximate surface area is 164 Å². The Kier molecular flexibility index (Phi) is 6.87. The molecule has 0 fully saturated rings. The molecule has 0 aliphatic carbocycles. The fourth-order valence-electron chi connectivity index (χ4n) is 2.45. The maximum atomic E-state index is 12.7. The van der Waals surface area contributed by atoms with Crippen LogP contribution in [0.3, 0.4) is 0 Å². The number of rotatable bonds is 7. The molecule has 0 aliphatic heterocycles. The van der Waals surface area contributed by atoms with Crippen LogP contribution in [0.1, 0.15) is 48.4 Å². The first-order chi connectivity index (χ1) is 13.2. The Morgan fingerprint density at radius 3 is 2.07 bits per heavy atom. The zero-order valence-corrected chi connectivity index (χ0v) is 16.7. The summed E-state index contributed by atoms with van der Waals surface area (Å²) in [6, 6.07) is 9.53. The van der Waals surface area contributed by atoms with Crippen molar-refractivity contribution in [2.45, 2.75) is 39.9 Å². The van der Waals surface area contributed by atoms with Crippen molar-refractivity contribution < 1.29 is 23.8 Å². The summed E-state index contributed by atoms with van der Waals surface area (Å²) in [5.41, 5.74) is 7.52. The standard InChI is InChI=1S/C21H26N2O5/c1-12(2)27-18-10-14(6-8-16(18)22)20(24)23-17-9-7-15(21(25)26-5)11-19(17)28-13(3)4/h6-13H,22H2,1-5H3,(H,23,24). The molecule has 28 heavy (non-hydrogen) atoms. The first kappa shape index (κ1) is 21.1. The van der Waals surface area contributed by atoms with Crippen LogP contribution in [0, 0.1) is 0 Å². The number of nitrogens with two attached hydrogens (primary N) is 1. The molecule has 150 valence electrons. The van der Waals surface area contributed by atoms with Crippen molar-refractivity contribution in [1.29, 1.82) is 0 Å². The van der Waals surface area contributed by atoms with Crippen LogP contribution in [-0.2, 0) is 4.74 Å². The molecule has 0 saturated heterocycles. The number of ether oxygens (including phenoxy) is 3. The van der Waals surface area contributed by atoms with Crippen molar-refractivity contribution in [2.75, 3.05) is 18.2 Å². The molecule has 7 nitrogen and oxygen atoms in total. The van der Waals surface area contributed by atoms with Gasteiger partial charge in [-0.05, 0) is 64.1 Å². The lowest BCUT2D eigenvalue weighted by molar-refractivity contribution is 0.0600. The Balaban J connectivity index is 2.31. The number of nitrogens with one attached hydrogen (secondary N) is 1. The minimum atomic E-state index is -0.486. The molecule has 2 aromatic carbocycles. The monoisotopic (exact) mass is 386 g/mol. The molecule has 2 aromatic rings. The van der Waals surface area contributed by atoms with E-state index in [-0.39, 0.29) is 18.1 Å². The smallest absolute Gasteiger partial charge is 0.337 e. The van der Waals surface area contributed by atoms with Gasteiger partial charge in [-0.3, -0.25) is 4.79 Å². The molecule has 7 heteroatoms. The first-order valence-corrected chi connectivity index (χ1v) is 8.97. The van der Waals surface area contributed by atoms with E-state index in [0.29, 0.717) is 34.0 Å². The van der Waals surface area contributed by atoms with Gasteiger partial charge in [-0.2, -0.15) is 0 Å². The van der Waals surface area contributed by atoms with Gasteiger partial charge in [0.05, 0.1) is 36.3 Å². The van der Waals surface area contributed by atoms with Crippen LogP contribution in [0.25, 0.3) is 0 Å². The predicted molar refractivity (Wildman–Crippen MR) is 108 cm³/mol. The van der Waals surface area contributed by atoms with Gasteiger partial charge in [0, 0.05) is 5.56 Å². The number of amides is 1. The van der Waals surface area contributed by atoms with Gasteiger partial charge >= 0.3 is 5.97 Å². The number of hydrogen-bond donors (Lipinski definition) is 2. The molecule has 0 bridgehead atoms. The molecule has 2 rings (SSSR count). The van der Waals surface area contributed by atoms with Crippen LogP contribution >= 0.6 is 0 Å². The van der Waals surface area contributed by atoms with Crippen molar-refractivity contribution in [2.24, 2.45) is 0 Å². The second-order valence-corrected chi connectivity index (χ2v) is 6.74. The quantitative estimate of drug-likeness (QED) is 0.553. The number of esters is 1. The number of carbonyl (C=O) groups is 2. The number of methoxy groups -OCH3 is 1. The van der Waals surface area contributed by atoms with Gasteiger partial charge in [0.25, 0.3) is 5.91 Å². The summed E-state index contributed by atoms with van der Waals surface area (Å²) in [6.45, 7) is 7.47. The molecule has 0 unspecified atom stereocenters. The van der Waals surface area contributed by atoms with Crippen LogP contribution in [-0.4, -0.2) is 31.2 Å². The van der Waals surface area contributed by atoms with Crippen LogP contribution < -0.4 is 20.5 Å². The Morgan fingerprint density at radius 2 is 1.46 bits per heavy atom. The fourth-order valence-corrected chi connectivity index (χ4v) is 2.45. The lowest BCUT2D eigenvalue weighted by atomic mass is 10.1. The van der Waals surface area contributed by atoms with E-state index in [1.54, 1.807) is 30.3 Å². The SMILES string of the molecule is COC(=O)c1ccc(NC(=O)c2ccc(N)c(OC(C)C)c2)c(OC(C)C)c1. The first-order valence-electron chi connectivity index (χ1n) is 8.97. The van der Waals surface area contributed by atoms with Gasteiger partial charge < -0.3 is 25.3 Å². The molecule has 0 spiro atoms. The minimum absolute atomic E-state index is 0.0717. The molecule has 0 saturated carbocycles. The van der Waals surface area contributed by atoms with Gasteiger partial charge in [-0.15, -0.1) is 0 Å². The van der Waals surface area contributed by atoms with E-state index in [2.05, 4.69) is 5.32 Å². The number of nitrogen functional groups attached to an aromatic ring is 1. The topological polar surface area (TPSA) is 99.9 Å². The Morgan fingerprint density at radius 1 is 0.893 bits per heavy atom. The predicted octanol–water partition coefficient (Wildman–Crippen LogP) is 3.88. The minimum Gasteiger partial charge on any atom is -0.489 e. The maximum absolute atomic E-state index is 12.7. The average molecular weight is 386 g/mol. The second kappa shape index (κ2) is 9.12. The summed E-state index contributed by atoms with van der Waals surface area (Å²) in [6.07, 6.45) is -0.219. The van der Waals surface area contributed by atoms with Gasteiger partial charge in [-0.25, -0.2) is 4.79 Å². The van der Waals surface area contributed by atoms with E-state index >= 15 is 0 Å². The van der Waals surface area contributed by atoms with Crippen LogP contribution in [0.15, 0.2) is 36.4 Å². The van der Waals surface area contributed by atoms with Crippen LogP contribution in [0.2, 0.25) is 0 Å². The number of anilines is 2. The highest BCUT2D eigenvalue weighted by Gasteiger charge is 2.16. The summed E-state index contributed by atoms with van der Waals surface area (Å²) in [7, 11) is 1.30. The van der Waals surface area contributed by atoms with Crippen molar-refractivity contribution >= 4 is 23.3 Å². The van der Waals surface area contributed by atoms with Gasteiger partial charge in [0.1, 0.15) is 11.5 Å². The molecule has 0 aromatic heterocycles. The average Bonchev–Trinajstić information content (AvgIpc) is 2.63. The van der Waals surface area contributed by atoms with Crippen LogP contribution in [0.4, 0.5) is 11.4 Å². The molecular weight excluding hydrogens is 360 g/mol. The van der Waals surface area contributed by atoms with E-state index in [1.807, 2.05) is 27.7 Å². The Bertz CT molecular complexity index is 862. The maximum Gasteiger partial charge on any atom is 0.337 e. The summed E-state index contributed by atoms with van der Waals surface area (Å²) >= 11 is 0. The molecule has 1 amide bonds. The zero-order valence-electron chi connectivity index (χ0n) is 16.7. The highest BCUT2D eigenvalue weighted by Crippen LogP contribution is 2.29. The van der Waals surface area contributed by atoms with E-state index in [4.69, 9.17) is 19.9 Å². The van der Waals surface area contributed by atoms with Gasteiger partial charge in [0.15, 0.2) is 0 Å². The molecule has 3 N–H and O–H groups in total. The summed E-state index contributed by atoms with van der Waals surface area (Å²) in [5, 5.41) is 2.80. The summed E-state index contributed by atoms with van der Waals surface area (Å²) < 4.78 is 16.1. The second-order valence-electron chi connectivity index (χ2n) is 6.74. The summed E-state index contributed by atoms with van der Waals surface area (Å²) in [5.74, 6) is -0.0174. The third-order valence-corrected chi connectivity index (χ3v) is 3.65. The number of benzene rings is 2. The molecule has 0 atom stereocenters. The van der Waals surface area contributed by atoms with E-state index in [1.165, 1.54) is 13.2 Å². The largest absolute Gasteiger partial charge is 0.489 e. The van der Waals surface area contributed by atoms with Crippen LogP contribution in [0.5, 0.6) is 11.5 Å². The van der Waals surface area contributed by atoms with E-state index in [0.717, 1.165) is 0 Å². The Hall–Kier alpha value is -3.22. The van der Waals surface area contributed by atoms with Gasteiger partial charge in [0.2, 0.25) is 0 Å². The van der Waals surface area contributed by atoms with Gasteiger partial charge in [-0.1, -0.05) is 0 Å². The number of carbonyl (C=O) groups excluding carboxylic acids is 2. The third-order valence-electron chi connectivity index (χ3n) is 3.65. The number of hydrogen-bond acceptors (Lipinski definition) is 6. The van der Waals surface area contributed by atoms with Crippen molar-refractivity contribution in [3.8, 4) is 11.5 Å². The highest BCUT2D eigenvalue weighted by molar-refractivity contribution is 6.06. The lowest BCUT2D eigenvalue weighted by Gasteiger charge is -2.17. The normalized spacial score (nSPS) is 10.7. The summed E-state index contributed by atoms with van der Waals surface area (Å²) in [4.78, 5) is 24.5. The highest BCUT2D eigenvalue weighted by atomic mass is 16.5. The molecule has 0 heterocycles. The third kappa shape index (κ3) is 5.39. The molecule has 0 radical (unpaired) electrons. The van der Waals surface area contributed by atoms with Crippen molar-refractivity contribution in [3.05, 3.63) is 47.5 Å². The molecule has 0 aliphatic rings. The van der Waals surface area contributed by atoms with Crippen molar-refractivity contribution in [1.82, 2.24) is 0 Å². The van der Waals surface area contributed by atoms with E-state index < -0.39 is 5.97 Å². The fraction of sp³-hybridized carbons (Fsp3) is 0.333. The van der Waals surface area contributed by atoms with E-state index in [9.17, 15) is 9.59 Å².